The summed E-state index contributed by atoms with van der Waals surface area (Å²) in [6, 6.07) is 5.67. The van der Waals surface area contributed by atoms with Crippen LogP contribution in [0.15, 0.2) is 35.8 Å². The van der Waals surface area contributed by atoms with E-state index in [0.29, 0.717) is 25.7 Å². The SMILES string of the molecule is C=CCSCCN=C(N)Nc1ccc2c(c1)OCCCO2.I. The van der Waals surface area contributed by atoms with E-state index in [4.69, 9.17) is 15.2 Å². The number of guanidine groups is 1. The number of hydrogen-bond acceptors (Lipinski definition) is 4. The molecule has 0 saturated heterocycles. The third-order valence-electron chi connectivity index (χ3n) is 2.77. The number of nitrogens with two attached hydrogens (primary N) is 1. The van der Waals surface area contributed by atoms with Crippen molar-refractivity contribution < 1.29 is 9.47 Å². The van der Waals surface area contributed by atoms with Crippen LogP contribution in [0.25, 0.3) is 0 Å². The fourth-order valence-electron chi connectivity index (χ4n) is 1.83. The van der Waals surface area contributed by atoms with Crippen molar-refractivity contribution in [3.05, 3.63) is 30.9 Å². The van der Waals surface area contributed by atoms with Crippen LogP contribution >= 0.6 is 35.7 Å². The highest BCUT2D eigenvalue weighted by Gasteiger charge is 2.10. The Hall–Kier alpha value is -1.09. The van der Waals surface area contributed by atoms with Crippen molar-refractivity contribution in [2.45, 2.75) is 6.42 Å². The van der Waals surface area contributed by atoms with Gasteiger partial charge in [0.05, 0.1) is 19.8 Å². The fraction of sp³-hybridized carbons (Fsp3) is 0.400. The Bertz CT molecular complexity index is 512. The molecule has 0 amide bonds. The van der Waals surface area contributed by atoms with Gasteiger partial charge >= 0.3 is 0 Å². The number of ether oxygens (including phenoxy) is 2. The molecule has 1 aromatic carbocycles. The highest BCUT2D eigenvalue weighted by atomic mass is 127. The Labute approximate surface area is 152 Å². The molecule has 1 heterocycles. The summed E-state index contributed by atoms with van der Waals surface area (Å²) < 4.78 is 11.2. The third-order valence-corrected chi connectivity index (χ3v) is 3.72. The molecule has 0 bridgehead atoms. The normalized spacial score (nSPS) is 13.7. The van der Waals surface area contributed by atoms with Gasteiger partial charge in [0.25, 0.3) is 0 Å². The van der Waals surface area contributed by atoms with Crippen LogP contribution in [-0.2, 0) is 0 Å². The van der Waals surface area contributed by atoms with E-state index in [1.807, 2.05) is 24.3 Å². The van der Waals surface area contributed by atoms with Crippen LogP contribution in [0.5, 0.6) is 11.5 Å². The van der Waals surface area contributed by atoms with Gasteiger partial charge in [-0.3, -0.25) is 4.99 Å². The summed E-state index contributed by atoms with van der Waals surface area (Å²) in [5.74, 6) is 3.78. The van der Waals surface area contributed by atoms with E-state index >= 15 is 0 Å². The van der Waals surface area contributed by atoms with E-state index in [9.17, 15) is 0 Å². The van der Waals surface area contributed by atoms with Crippen molar-refractivity contribution in [3.8, 4) is 11.5 Å². The second kappa shape index (κ2) is 10.6. The monoisotopic (exact) mass is 435 g/mol. The van der Waals surface area contributed by atoms with Gasteiger partial charge in [-0.15, -0.1) is 30.6 Å². The quantitative estimate of drug-likeness (QED) is 0.236. The van der Waals surface area contributed by atoms with E-state index in [2.05, 4.69) is 16.9 Å². The van der Waals surface area contributed by atoms with Gasteiger partial charge in [0.2, 0.25) is 0 Å². The standard InChI is InChI=1S/C15H21N3O2S.HI/c1-2-9-21-10-6-17-15(16)18-12-4-5-13-14(11-12)20-8-3-7-19-13;/h2,4-5,11H,1,3,6-10H2,(H3,16,17,18);1H. The summed E-state index contributed by atoms with van der Waals surface area (Å²) in [6.07, 6.45) is 2.77. The van der Waals surface area contributed by atoms with Crippen LogP contribution in [0.3, 0.4) is 0 Å². The Morgan fingerprint density at radius 1 is 1.36 bits per heavy atom. The third kappa shape index (κ3) is 6.35. The zero-order chi connectivity index (χ0) is 14.9. The van der Waals surface area contributed by atoms with Crippen molar-refractivity contribution >= 4 is 47.4 Å². The molecule has 1 aromatic rings. The minimum Gasteiger partial charge on any atom is -0.490 e. The summed E-state index contributed by atoms with van der Waals surface area (Å²) in [4.78, 5) is 4.28. The van der Waals surface area contributed by atoms with Crippen molar-refractivity contribution in [1.82, 2.24) is 0 Å². The average molecular weight is 435 g/mol. The number of fused-ring (bicyclic) bond motifs is 1. The zero-order valence-electron chi connectivity index (χ0n) is 12.4. The molecular weight excluding hydrogens is 413 g/mol. The predicted molar refractivity (Wildman–Crippen MR) is 105 cm³/mol. The van der Waals surface area contributed by atoms with E-state index in [1.54, 1.807) is 11.8 Å². The van der Waals surface area contributed by atoms with Crippen molar-refractivity contribution in [1.29, 1.82) is 0 Å². The number of nitrogens with one attached hydrogen (secondary N) is 1. The molecule has 0 aliphatic carbocycles. The van der Waals surface area contributed by atoms with Gasteiger partial charge in [-0.1, -0.05) is 6.08 Å². The molecule has 7 heteroatoms. The van der Waals surface area contributed by atoms with Gasteiger partial charge in [-0.25, -0.2) is 0 Å². The van der Waals surface area contributed by atoms with Crippen molar-refractivity contribution in [2.24, 2.45) is 10.7 Å². The molecule has 0 saturated carbocycles. The topological polar surface area (TPSA) is 68.9 Å². The number of aliphatic imine (C=N–C) groups is 1. The molecule has 0 unspecified atom stereocenters. The number of halogens is 1. The first-order valence-electron chi connectivity index (χ1n) is 6.95. The predicted octanol–water partition coefficient (Wildman–Crippen LogP) is 3.11. The lowest BCUT2D eigenvalue weighted by atomic mass is 10.3. The lowest BCUT2D eigenvalue weighted by molar-refractivity contribution is 0.297. The summed E-state index contributed by atoms with van der Waals surface area (Å²) in [5.41, 5.74) is 6.71. The Morgan fingerprint density at radius 3 is 2.91 bits per heavy atom. The van der Waals surface area contributed by atoms with E-state index in [1.165, 1.54) is 0 Å². The number of nitrogens with zero attached hydrogens (tertiary/aromatic N) is 1. The number of hydrogen-bond donors (Lipinski definition) is 2. The molecule has 122 valence electrons. The largest absolute Gasteiger partial charge is 0.490 e. The van der Waals surface area contributed by atoms with Crippen molar-refractivity contribution in [2.75, 3.05) is 36.6 Å². The van der Waals surface area contributed by atoms with Gasteiger partial charge in [-0.2, -0.15) is 11.8 Å². The van der Waals surface area contributed by atoms with Crippen molar-refractivity contribution in [3.63, 3.8) is 0 Å². The van der Waals surface area contributed by atoms with Crippen LogP contribution in [0.2, 0.25) is 0 Å². The van der Waals surface area contributed by atoms with Gasteiger partial charge in [0.1, 0.15) is 0 Å². The number of benzene rings is 1. The Morgan fingerprint density at radius 2 is 2.14 bits per heavy atom. The number of rotatable bonds is 6. The highest BCUT2D eigenvalue weighted by molar-refractivity contribution is 14.0. The van der Waals surface area contributed by atoms with Crippen LogP contribution in [0.4, 0.5) is 5.69 Å². The summed E-state index contributed by atoms with van der Waals surface area (Å²) >= 11 is 1.78. The van der Waals surface area contributed by atoms with Crippen LogP contribution in [-0.4, -0.2) is 37.2 Å². The zero-order valence-corrected chi connectivity index (χ0v) is 15.6. The maximum absolute atomic E-state index is 5.86. The second-order valence-corrected chi connectivity index (χ2v) is 5.62. The summed E-state index contributed by atoms with van der Waals surface area (Å²) in [6.45, 7) is 5.71. The molecule has 0 atom stereocenters. The number of anilines is 1. The molecule has 1 aliphatic heterocycles. The molecule has 0 aromatic heterocycles. The molecule has 2 rings (SSSR count). The van der Waals surface area contributed by atoms with Gasteiger partial charge in [0.15, 0.2) is 17.5 Å². The summed E-state index contributed by atoms with van der Waals surface area (Å²) in [5, 5.41) is 3.07. The Balaban J connectivity index is 0.00000242. The minimum absolute atomic E-state index is 0. The first kappa shape index (κ1) is 19.0. The number of thioether (sulfide) groups is 1. The van der Waals surface area contributed by atoms with Crippen LogP contribution < -0.4 is 20.5 Å². The van der Waals surface area contributed by atoms with Gasteiger partial charge < -0.3 is 20.5 Å². The van der Waals surface area contributed by atoms with E-state index in [0.717, 1.165) is 35.1 Å². The molecule has 1 aliphatic rings. The maximum Gasteiger partial charge on any atom is 0.193 e. The molecule has 0 fully saturated rings. The van der Waals surface area contributed by atoms with Gasteiger partial charge in [-0.05, 0) is 12.1 Å². The lowest BCUT2D eigenvalue weighted by Gasteiger charge is -2.10. The molecular formula is C15H22IN3O2S. The molecule has 0 radical (unpaired) electrons. The molecule has 3 N–H and O–H groups in total. The lowest BCUT2D eigenvalue weighted by Crippen LogP contribution is -2.23. The molecule has 5 nitrogen and oxygen atoms in total. The summed E-state index contributed by atoms with van der Waals surface area (Å²) in [7, 11) is 0. The Kier molecular flexibility index (Phi) is 9.14. The molecule has 0 spiro atoms. The van der Waals surface area contributed by atoms with E-state index < -0.39 is 0 Å². The first-order chi connectivity index (χ1) is 10.3. The highest BCUT2D eigenvalue weighted by Crippen LogP contribution is 2.32. The smallest absolute Gasteiger partial charge is 0.193 e. The second-order valence-electron chi connectivity index (χ2n) is 4.47. The molecule has 22 heavy (non-hydrogen) atoms. The van der Waals surface area contributed by atoms with E-state index in [-0.39, 0.29) is 24.0 Å². The minimum atomic E-state index is 0. The first-order valence-corrected chi connectivity index (χ1v) is 8.10. The average Bonchev–Trinajstić information content (AvgIpc) is 2.72. The van der Waals surface area contributed by atoms with Gasteiger partial charge in [0, 0.05) is 29.7 Å². The van der Waals surface area contributed by atoms with Crippen LogP contribution in [0, 0.1) is 0 Å². The van der Waals surface area contributed by atoms with Crippen LogP contribution in [0.1, 0.15) is 6.42 Å². The maximum atomic E-state index is 5.86. The fourth-order valence-corrected chi connectivity index (χ4v) is 2.38.